The molecule has 0 amide bonds. The van der Waals surface area contributed by atoms with Gasteiger partial charge in [0.15, 0.2) is 23.3 Å². The van der Waals surface area contributed by atoms with Crippen LogP contribution in [0.15, 0.2) is 207 Å². The highest BCUT2D eigenvalue weighted by Gasteiger charge is 2.19. The van der Waals surface area contributed by atoms with Crippen LogP contribution in [0, 0.1) is 0 Å². The zero-order valence-electron chi connectivity index (χ0n) is 32.2. The van der Waals surface area contributed by atoms with Crippen LogP contribution in [-0.2, 0) is 0 Å². The van der Waals surface area contributed by atoms with E-state index in [1.54, 1.807) is 12.4 Å². The van der Waals surface area contributed by atoms with Gasteiger partial charge in [-0.2, -0.15) is 0 Å². The second-order valence-electron chi connectivity index (χ2n) is 14.0. The minimum Gasteiger partial charge on any atom is -0.255 e. The first-order chi connectivity index (χ1) is 29.7. The minimum atomic E-state index is 0.559. The predicted octanol–water partition coefficient (Wildman–Crippen LogP) is 11.8. The lowest BCUT2D eigenvalue weighted by molar-refractivity contribution is 1.07. The molecule has 5 aromatic carbocycles. The van der Waals surface area contributed by atoms with Crippen molar-refractivity contribution in [1.82, 2.24) is 39.9 Å². The molecule has 5 aromatic heterocycles. The van der Waals surface area contributed by atoms with Crippen LogP contribution in [0.25, 0.3) is 102 Å². The van der Waals surface area contributed by atoms with Crippen molar-refractivity contribution in [3.63, 3.8) is 0 Å². The zero-order chi connectivity index (χ0) is 40.1. The Balaban J connectivity index is 1.13. The van der Waals surface area contributed by atoms with Gasteiger partial charge in [0.05, 0.1) is 34.2 Å². The highest BCUT2D eigenvalue weighted by atomic mass is 15.0. The SMILES string of the molecule is c1ccc(-c2cc(-c3ccnc(-c4cc(-c5ccccc5-c5nc(-c6ccccc6)nc(-c6ccccc6)n5)cc(-c5ccccn5)n4)c3)nc(-c3ccccc3)n2)cc1. The van der Waals surface area contributed by atoms with E-state index in [2.05, 4.69) is 36.4 Å². The third kappa shape index (κ3) is 7.56. The Kier molecular flexibility index (Phi) is 9.75. The summed E-state index contributed by atoms with van der Waals surface area (Å²) in [5.41, 5.74) is 11.7. The molecule has 0 fully saturated rings. The van der Waals surface area contributed by atoms with Crippen LogP contribution in [0.5, 0.6) is 0 Å². The summed E-state index contributed by atoms with van der Waals surface area (Å²) in [5.74, 6) is 2.39. The van der Waals surface area contributed by atoms with Crippen molar-refractivity contribution in [1.29, 1.82) is 0 Å². The van der Waals surface area contributed by atoms with Crippen molar-refractivity contribution in [3.05, 3.63) is 207 Å². The highest BCUT2D eigenvalue weighted by Crippen LogP contribution is 2.37. The molecule has 10 rings (SSSR count). The highest BCUT2D eigenvalue weighted by molar-refractivity contribution is 5.85. The number of hydrogen-bond donors (Lipinski definition) is 0. The van der Waals surface area contributed by atoms with Gasteiger partial charge in [-0.05, 0) is 53.6 Å². The fourth-order valence-corrected chi connectivity index (χ4v) is 7.12. The van der Waals surface area contributed by atoms with E-state index in [0.29, 0.717) is 40.4 Å². The number of nitrogens with zero attached hydrogens (tertiary/aromatic N) is 8. The van der Waals surface area contributed by atoms with Crippen molar-refractivity contribution in [3.8, 4) is 102 Å². The Morgan fingerprint density at radius 1 is 0.217 bits per heavy atom. The molecule has 5 heterocycles. The summed E-state index contributed by atoms with van der Waals surface area (Å²) in [4.78, 5) is 39.9. The van der Waals surface area contributed by atoms with Crippen molar-refractivity contribution < 1.29 is 0 Å². The molecule has 8 nitrogen and oxygen atoms in total. The molecule has 8 heteroatoms. The molecule has 10 aromatic rings. The quantitative estimate of drug-likeness (QED) is 0.143. The standard InChI is InChI=1S/C52H34N8/c1-5-17-35(18-6-1)44-34-45(57-49(56-44)36-19-7-2-8-20-36)39-28-30-54-46(31-39)48-33-40(32-47(55-48)43-27-15-16-29-53-43)41-25-13-14-26-42(41)52-59-50(37-21-9-3-10-22-37)58-51(60-52)38-23-11-4-12-24-38/h1-34H. The van der Waals surface area contributed by atoms with Gasteiger partial charge in [-0.1, -0.05) is 152 Å². The molecule has 0 atom stereocenters. The molecule has 0 aliphatic rings. The third-order valence-electron chi connectivity index (χ3n) is 10.1. The summed E-state index contributed by atoms with van der Waals surface area (Å²) in [5, 5.41) is 0. The van der Waals surface area contributed by atoms with Gasteiger partial charge in [0.2, 0.25) is 0 Å². The first-order valence-corrected chi connectivity index (χ1v) is 19.6. The summed E-state index contributed by atoms with van der Waals surface area (Å²) >= 11 is 0. The lowest BCUT2D eigenvalue weighted by Crippen LogP contribution is -2.01. The molecular weight excluding hydrogens is 737 g/mol. The summed E-state index contributed by atoms with van der Waals surface area (Å²) in [6, 6.07) is 64.4. The molecule has 0 aliphatic carbocycles. The number of aromatic nitrogens is 8. The minimum absolute atomic E-state index is 0.559. The first-order valence-electron chi connectivity index (χ1n) is 19.6. The van der Waals surface area contributed by atoms with Crippen molar-refractivity contribution in [2.45, 2.75) is 0 Å². The van der Waals surface area contributed by atoms with Crippen molar-refractivity contribution in [2.75, 3.05) is 0 Å². The fraction of sp³-hybridized carbons (Fsp3) is 0. The molecule has 0 saturated carbocycles. The Morgan fingerprint density at radius 3 is 1.25 bits per heavy atom. The maximum absolute atomic E-state index is 5.18. The van der Waals surface area contributed by atoms with Crippen LogP contribution in [0.3, 0.4) is 0 Å². The van der Waals surface area contributed by atoms with Crippen molar-refractivity contribution >= 4 is 0 Å². The van der Waals surface area contributed by atoms with Gasteiger partial charge >= 0.3 is 0 Å². The summed E-state index contributed by atoms with van der Waals surface area (Å²) in [6.07, 6.45) is 3.59. The monoisotopic (exact) mass is 770 g/mol. The topological polar surface area (TPSA) is 103 Å². The molecule has 0 aliphatic heterocycles. The molecule has 60 heavy (non-hydrogen) atoms. The number of hydrogen-bond acceptors (Lipinski definition) is 8. The number of benzene rings is 5. The molecule has 0 spiro atoms. The van der Waals surface area contributed by atoms with E-state index in [1.807, 2.05) is 158 Å². The molecule has 0 unspecified atom stereocenters. The van der Waals surface area contributed by atoms with Gasteiger partial charge in [-0.3, -0.25) is 9.97 Å². The fourth-order valence-electron chi connectivity index (χ4n) is 7.12. The molecule has 0 saturated heterocycles. The van der Waals surface area contributed by atoms with Crippen LogP contribution in [0.1, 0.15) is 0 Å². The van der Waals surface area contributed by atoms with Crippen molar-refractivity contribution in [2.24, 2.45) is 0 Å². The lowest BCUT2D eigenvalue weighted by Gasteiger charge is -2.14. The number of rotatable bonds is 9. The lowest BCUT2D eigenvalue weighted by atomic mass is 9.97. The third-order valence-corrected chi connectivity index (χ3v) is 10.1. The second kappa shape index (κ2) is 16.2. The smallest absolute Gasteiger partial charge is 0.164 e. The average Bonchev–Trinajstić information content (AvgIpc) is 3.35. The van der Waals surface area contributed by atoms with Crippen LogP contribution in [-0.4, -0.2) is 39.9 Å². The normalized spacial score (nSPS) is 11.0. The Bertz CT molecular complexity index is 2960. The van der Waals surface area contributed by atoms with E-state index in [-0.39, 0.29) is 0 Å². The van der Waals surface area contributed by atoms with Gasteiger partial charge in [0.1, 0.15) is 0 Å². The van der Waals surface area contributed by atoms with Gasteiger partial charge in [0, 0.05) is 45.8 Å². The van der Waals surface area contributed by atoms with Crippen LogP contribution < -0.4 is 0 Å². The van der Waals surface area contributed by atoms with Gasteiger partial charge in [-0.25, -0.2) is 29.9 Å². The Morgan fingerprint density at radius 2 is 0.667 bits per heavy atom. The van der Waals surface area contributed by atoms with Gasteiger partial charge < -0.3 is 0 Å². The van der Waals surface area contributed by atoms with E-state index in [0.717, 1.165) is 61.6 Å². The van der Waals surface area contributed by atoms with Crippen LogP contribution >= 0.6 is 0 Å². The maximum Gasteiger partial charge on any atom is 0.164 e. The Labute approximate surface area is 347 Å². The van der Waals surface area contributed by atoms with E-state index in [1.165, 1.54) is 0 Å². The van der Waals surface area contributed by atoms with Gasteiger partial charge in [-0.15, -0.1) is 0 Å². The van der Waals surface area contributed by atoms with E-state index in [4.69, 9.17) is 39.9 Å². The Hall–Kier alpha value is -8.36. The number of pyridine rings is 3. The van der Waals surface area contributed by atoms with Crippen LogP contribution in [0.2, 0.25) is 0 Å². The average molecular weight is 771 g/mol. The molecule has 282 valence electrons. The first kappa shape index (κ1) is 36.0. The predicted molar refractivity (Wildman–Crippen MR) is 238 cm³/mol. The maximum atomic E-state index is 5.18. The molecule has 0 radical (unpaired) electrons. The van der Waals surface area contributed by atoms with Gasteiger partial charge in [0.25, 0.3) is 0 Å². The second-order valence-corrected chi connectivity index (χ2v) is 14.0. The van der Waals surface area contributed by atoms with E-state index < -0.39 is 0 Å². The largest absolute Gasteiger partial charge is 0.255 e. The van der Waals surface area contributed by atoms with E-state index in [9.17, 15) is 0 Å². The molecule has 0 N–H and O–H groups in total. The summed E-state index contributed by atoms with van der Waals surface area (Å²) in [7, 11) is 0. The summed E-state index contributed by atoms with van der Waals surface area (Å²) in [6.45, 7) is 0. The zero-order valence-corrected chi connectivity index (χ0v) is 32.2. The molecule has 0 bridgehead atoms. The van der Waals surface area contributed by atoms with E-state index >= 15 is 0 Å². The molecular formula is C52H34N8. The summed E-state index contributed by atoms with van der Waals surface area (Å²) < 4.78 is 0. The van der Waals surface area contributed by atoms with Crippen LogP contribution in [0.4, 0.5) is 0 Å².